The summed E-state index contributed by atoms with van der Waals surface area (Å²) in [6.07, 6.45) is 7.05. The van der Waals surface area contributed by atoms with Gasteiger partial charge in [0.05, 0.1) is 0 Å². The molecule has 4 rings (SSSR count). The van der Waals surface area contributed by atoms with E-state index in [-0.39, 0.29) is 0 Å². The number of hydrogen-bond donors (Lipinski definition) is 0. The van der Waals surface area contributed by atoms with Crippen molar-refractivity contribution in [3.8, 4) is 0 Å². The molecule has 4 saturated carbocycles. The molecule has 4 bridgehead atoms. The quantitative estimate of drug-likeness (QED) is 0.422. The van der Waals surface area contributed by atoms with Gasteiger partial charge in [0.25, 0.3) is 0 Å². The summed E-state index contributed by atoms with van der Waals surface area (Å²) in [6, 6.07) is 0. The summed E-state index contributed by atoms with van der Waals surface area (Å²) in [6.45, 7) is 7.34. The van der Waals surface area contributed by atoms with Crippen molar-refractivity contribution < 1.29 is 0 Å². The first-order chi connectivity index (χ1) is 7.72. The minimum Gasteiger partial charge on any atom is -0.0882 e. The highest BCUT2D eigenvalue weighted by atomic mass is 14.7. The Morgan fingerprint density at radius 3 is 2.38 bits per heavy atom. The van der Waals surface area contributed by atoms with Crippen molar-refractivity contribution >= 4 is 0 Å². The maximum atomic E-state index is 2.54. The Bertz CT molecular complexity index is 353. The van der Waals surface area contributed by atoms with Gasteiger partial charge in [-0.05, 0) is 73.5 Å². The zero-order valence-electron chi connectivity index (χ0n) is 10.8. The normalized spacial score (nSPS) is 64.6. The van der Waals surface area contributed by atoms with Gasteiger partial charge in [0, 0.05) is 0 Å². The highest BCUT2D eigenvalue weighted by Crippen LogP contribution is 2.71. The number of allylic oxidation sites excluding steroid dienone is 2. The molecule has 0 aromatic heterocycles. The third-order valence-corrected chi connectivity index (χ3v) is 7.07. The lowest BCUT2D eigenvalue weighted by molar-refractivity contribution is 0.0883. The maximum Gasteiger partial charge on any atom is -0.0166 e. The molecule has 4 fully saturated rings. The average molecular weight is 216 g/mol. The predicted octanol–water partition coefficient (Wildman–Crippen LogP) is 4.13. The van der Waals surface area contributed by atoms with Gasteiger partial charge in [-0.2, -0.15) is 0 Å². The Morgan fingerprint density at radius 2 is 1.69 bits per heavy atom. The highest BCUT2D eigenvalue weighted by Gasteiger charge is 2.64. The summed E-state index contributed by atoms with van der Waals surface area (Å²) < 4.78 is 0. The van der Waals surface area contributed by atoms with Crippen LogP contribution in [-0.4, -0.2) is 0 Å². The minimum atomic E-state index is 1.02. The van der Waals surface area contributed by atoms with E-state index in [0.717, 1.165) is 47.3 Å². The summed E-state index contributed by atoms with van der Waals surface area (Å²) in [7, 11) is 0. The fourth-order valence-corrected chi connectivity index (χ4v) is 6.38. The van der Waals surface area contributed by atoms with Crippen molar-refractivity contribution in [3.63, 3.8) is 0 Å². The number of hydrogen-bond acceptors (Lipinski definition) is 0. The molecule has 4 aliphatic rings. The highest BCUT2D eigenvalue weighted by molar-refractivity contribution is 5.25. The van der Waals surface area contributed by atoms with E-state index in [1.165, 1.54) is 6.42 Å². The second-order valence-electron chi connectivity index (χ2n) is 7.11. The van der Waals surface area contributed by atoms with Crippen LogP contribution in [0.1, 0.15) is 40.0 Å². The summed E-state index contributed by atoms with van der Waals surface area (Å²) >= 11 is 0. The SMILES string of the molecule is C/C=C1\CC2CC1C1C3CC(C(C)C3C)C21. The van der Waals surface area contributed by atoms with Crippen LogP contribution in [0, 0.1) is 47.3 Å². The third kappa shape index (κ3) is 0.901. The minimum absolute atomic E-state index is 1.02. The Morgan fingerprint density at radius 1 is 1.00 bits per heavy atom. The maximum absolute atomic E-state index is 2.54. The lowest BCUT2D eigenvalue weighted by atomic mass is 9.63. The zero-order valence-corrected chi connectivity index (χ0v) is 10.8. The molecule has 0 nitrogen and oxygen atoms in total. The first kappa shape index (κ1) is 9.74. The van der Waals surface area contributed by atoms with Crippen molar-refractivity contribution in [1.82, 2.24) is 0 Å². The van der Waals surface area contributed by atoms with Crippen molar-refractivity contribution in [2.75, 3.05) is 0 Å². The Labute approximate surface area is 99.5 Å². The van der Waals surface area contributed by atoms with E-state index in [9.17, 15) is 0 Å². The van der Waals surface area contributed by atoms with Crippen LogP contribution < -0.4 is 0 Å². The standard InChI is InChI=1S/C16H24/c1-4-10-5-11-6-14(10)16-13-7-12(15(11)16)8(2)9(13)3/h4,8-9,11-16H,5-7H2,1-3H3/b10-4+. The van der Waals surface area contributed by atoms with Crippen LogP contribution in [0.5, 0.6) is 0 Å². The molecule has 0 radical (unpaired) electrons. The van der Waals surface area contributed by atoms with Crippen LogP contribution in [0.15, 0.2) is 11.6 Å². The van der Waals surface area contributed by atoms with Gasteiger partial charge < -0.3 is 0 Å². The van der Waals surface area contributed by atoms with Crippen molar-refractivity contribution in [3.05, 3.63) is 11.6 Å². The van der Waals surface area contributed by atoms with Gasteiger partial charge in [0.2, 0.25) is 0 Å². The summed E-state index contributed by atoms with van der Waals surface area (Å²) in [5.74, 6) is 8.61. The van der Waals surface area contributed by atoms with Crippen molar-refractivity contribution in [2.24, 2.45) is 47.3 Å². The summed E-state index contributed by atoms with van der Waals surface area (Å²) in [5.41, 5.74) is 1.83. The molecule has 0 N–H and O–H groups in total. The molecule has 0 aromatic carbocycles. The molecule has 0 saturated heterocycles. The smallest absolute Gasteiger partial charge is 0.0166 e. The molecule has 16 heavy (non-hydrogen) atoms. The van der Waals surface area contributed by atoms with E-state index in [4.69, 9.17) is 0 Å². The molecule has 4 aliphatic carbocycles. The second kappa shape index (κ2) is 2.94. The third-order valence-electron chi connectivity index (χ3n) is 7.07. The number of rotatable bonds is 0. The van der Waals surface area contributed by atoms with Gasteiger partial charge in [-0.3, -0.25) is 0 Å². The lowest BCUT2D eigenvalue weighted by Crippen LogP contribution is -2.36. The molecule has 0 aromatic rings. The van der Waals surface area contributed by atoms with E-state index in [2.05, 4.69) is 26.8 Å². The lowest BCUT2D eigenvalue weighted by Gasteiger charge is -2.41. The van der Waals surface area contributed by atoms with Crippen LogP contribution in [-0.2, 0) is 0 Å². The summed E-state index contributed by atoms with van der Waals surface area (Å²) in [5, 5.41) is 0. The van der Waals surface area contributed by atoms with Crippen LogP contribution in [0.3, 0.4) is 0 Å². The van der Waals surface area contributed by atoms with Crippen LogP contribution in [0.4, 0.5) is 0 Å². The van der Waals surface area contributed by atoms with E-state index >= 15 is 0 Å². The van der Waals surface area contributed by atoms with Gasteiger partial charge >= 0.3 is 0 Å². The fourth-order valence-electron chi connectivity index (χ4n) is 6.38. The predicted molar refractivity (Wildman–Crippen MR) is 66.9 cm³/mol. The van der Waals surface area contributed by atoms with Gasteiger partial charge in [0.1, 0.15) is 0 Å². The van der Waals surface area contributed by atoms with Crippen LogP contribution in [0.2, 0.25) is 0 Å². The van der Waals surface area contributed by atoms with Gasteiger partial charge in [-0.1, -0.05) is 25.5 Å². The van der Waals surface area contributed by atoms with Gasteiger partial charge in [-0.15, -0.1) is 0 Å². The molecule has 0 heteroatoms. The molecule has 0 spiro atoms. The average Bonchev–Trinajstić information content (AvgIpc) is 2.98. The molecule has 0 heterocycles. The first-order valence-electron chi connectivity index (χ1n) is 7.37. The second-order valence-corrected chi connectivity index (χ2v) is 7.11. The Balaban J connectivity index is 1.73. The fraction of sp³-hybridized carbons (Fsp3) is 0.875. The monoisotopic (exact) mass is 216 g/mol. The zero-order chi connectivity index (χ0) is 11.0. The van der Waals surface area contributed by atoms with E-state index in [1.807, 2.05) is 5.57 Å². The molecular formula is C16H24. The van der Waals surface area contributed by atoms with Crippen molar-refractivity contribution in [1.29, 1.82) is 0 Å². The molecule has 8 atom stereocenters. The number of fused-ring (bicyclic) bond motifs is 9. The molecule has 8 unspecified atom stereocenters. The largest absolute Gasteiger partial charge is 0.0882 e. The van der Waals surface area contributed by atoms with Crippen LogP contribution in [0.25, 0.3) is 0 Å². The Hall–Kier alpha value is -0.260. The van der Waals surface area contributed by atoms with E-state index in [1.54, 1.807) is 12.8 Å². The first-order valence-corrected chi connectivity index (χ1v) is 7.37. The molecule has 88 valence electrons. The Kier molecular flexibility index (Phi) is 1.79. The van der Waals surface area contributed by atoms with E-state index < -0.39 is 0 Å². The molecule has 0 aliphatic heterocycles. The van der Waals surface area contributed by atoms with Gasteiger partial charge in [-0.25, -0.2) is 0 Å². The molecule has 0 amide bonds. The van der Waals surface area contributed by atoms with E-state index in [0.29, 0.717) is 0 Å². The topological polar surface area (TPSA) is 0 Å². The molecular weight excluding hydrogens is 192 g/mol. The summed E-state index contributed by atoms with van der Waals surface area (Å²) in [4.78, 5) is 0. The van der Waals surface area contributed by atoms with Crippen molar-refractivity contribution in [2.45, 2.75) is 40.0 Å². The van der Waals surface area contributed by atoms with Gasteiger partial charge in [0.15, 0.2) is 0 Å². The van der Waals surface area contributed by atoms with Crippen LogP contribution >= 0.6 is 0 Å².